The molecule has 15 nitrogen and oxygen atoms in total. The molecule has 50 heavy (non-hydrogen) atoms. The van der Waals surface area contributed by atoms with Crippen molar-refractivity contribution in [3.63, 3.8) is 0 Å². The fourth-order valence-corrected chi connectivity index (χ4v) is 7.32. The Bertz CT molecular complexity index is 1930. The van der Waals surface area contributed by atoms with E-state index in [1.807, 2.05) is 56.3 Å². The fourth-order valence-electron chi connectivity index (χ4n) is 5.80. The molecule has 4 N–H and O–H groups in total. The van der Waals surface area contributed by atoms with Crippen molar-refractivity contribution in [2.75, 3.05) is 32.2 Å². The van der Waals surface area contributed by atoms with Crippen molar-refractivity contribution in [1.82, 2.24) is 24.6 Å². The maximum atomic E-state index is 14.5. The van der Waals surface area contributed by atoms with Crippen molar-refractivity contribution in [2.45, 2.75) is 70.6 Å². The number of allylic oxidation sites excluding steroid dienone is 1. The molecule has 4 aromatic rings. The molecule has 4 heterocycles. The zero-order valence-electron chi connectivity index (χ0n) is 28.6. The molecule has 1 saturated heterocycles. The van der Waals surface area contributed by atoms with E-state index in [1.54, 1.807) is 19.2 Å². The van der Waals surface area contributed by atoms with Gasteiger partial charge in [-0.3, -0.25) is 13.9 Å². The van der Waals surface area contributed by atoms with Crippen LogP contribution in [-0.4, -0.2) is 86.4 Å². The number of carbonyl (C=O) groups is 1. The first-order valence-electron chi connectivity index (χ1n) is 16.4. The maximum Gasteiger partial charge on any atom is 0.459 e. The number of hydrogen-bond acceptors (Lipinski definition) is 13. The van der Waals surface area contributed by atoms with Gasteiger partial charge < -0.3 is 34.3 Å². The molecule has 2 aromatic carbocycles. The number of rotatable bonds is 3. The second-order valence-corrected chi connectivity index (χ2v) is 15.1. The Morgan fingerprint density at radius 1 is 1.10 bits per heavy atom. The Morgan fingerprint density at radius 3 is 2.68 bits per heavy atom. The van der Waals surface area contributed by atoms with E-state index >= 15 is 0 Å². The fraction of sp³-hybridized carbons (Fsp3) is 0.471. The van der Waals surface area contributed by atoms with Gasteiger partial charge in [-0.25, -0.2) is 9.55 Å². The minimum Gasteiger partial charge on any atom is -0.476 e. The Hall–Kier alpha value is -4.11. The lowest BCUT2D eigenvalue weighted by Gasteiger charge is -2.27. The molecule has 2 aromatic heterocycles. The van der Waals surface area contributed by atoms with Crippen LogP contribution >= 0.6 is 7.75 Å². The molecule has 3 unspecified atom stereocenters. The highest BCUT2D eigenvalue weighted by atomic mass is 31.2. The Balaban J connectivity index is 1.36. The smallest absolute Gasteiger partial charge is 0.459 e. The minimum absolute atomic E-state index is 0.0982. The van der Waals surface area contributed by atoms with E-state index in [1.165, 1.54) is 24.7 Å². The van der Waals surface area contributed by atoms with Gasteiger partial charge in [0.25, 0.3) is 0 Å². The molecule has 6 rings (SSSR count). The average molecular weight is 711 g/mol. The summed E-state index contributed by atoms with van der Waals surface area (Å²) in [6.45, 7) is 6.74. The molecule has 2 aliphatic rings. The third kappa shape index (κ3) is 7.48. The summed E-state index contributed by atoms with van der Waals surface area (Å²) in [7, 11) is -2.73. The number of carbonyl (C=O) groups excluding carboxylic acids is 1. The van der Waals surface area contributed by atoms with E-state index in [-0.39, 0.29) is 29.8 Å². The lowest BCUT2D eigenvalue weighted by Crippen LogP contribution is -2.44. The summed E-state index contributed by atoms with van der Waals surface area (Å²) in [5, 5.41) is 30.0. The predicted octanol–water partition coefficient (Wildman–Crippen LogP) is 4.51. The normalized spacial score (nSPS) is 29.5. The Labute approximate surface area is 289 Å². The average Bonchev–Trinajstić information content (AvgIpc) is 3.60. The molecule has 6 bridgehead atoms. The van der Waals surface area contributed by atoms with E-state index in [2.05, 4.69) is 25.4 Å². The Morgan fingerprint density at radius 2 is 1.88 bits per heavy atom. The van der Waals surface area contributed by atoms with Gasteiger partial charge in [0.1, 0.15) is 29.6 Å². The van der Waals surface area contributed by atoms with Crippen molar-refractivity contribution in [1.29, 1.82) is 0 Å². The number of aliphatic hydroxyl groups is 2. The highest BCUT2D eigenvalue weighted by Crippen LogP contribution is 2.48. The van der Waals surface area contributed by atoms with Gasteiger partial charge in [0.05, 0.1) is 26.1 Å². The van der Waals surface area contributed by atoms with Crippen molar-refractivity contribution in [3.05, 3.63) is 60.9 Å². The number of hydrogen-bond donors (Lipinski definition) is 4. The third-order valence-electron chi connectivity index (χ3n) is 8.67. The number of imidazole rings is 1. The van der Waals surface area contributed by atoms with Crippen LogP contribution < -0.4 is 19.7 Å². The van der Waals surface area contributed by atoms with Gasteiger partial charge in [-0.05, 0) is 38.1 Å². The highest BCUT2D eigenvalue weighted by Gasteiger charge is 2.54. The van der Waals surface area contributed by atoms with Crippen LogP contribution in [0.4, 0.5) is 5.95 Å². The summed E-state index contributed by atoms with van der Waals surface area (Å²) in [4.78, 5) is 26.6. The quantitative estimate of drug-likeness (QED) is 0.132. The molecule has 1 fully saturated rings. The summed E-state index contributed by atoms with van der Waals surface area (Å²) in [6.07, 6.45) is 2.65. The van der Waals surface area contributed by atoms with Crippen LogP contribution in [0.3, 0.4) is 0 Å². The SMILES string of the molecule is CNc1nc2c3ncn(c3n1)C1OC(COP(=O)(Oc3cccc4ccccc34)N[C@@H](C)C(=O)OCC(C)(C)CC=CCCO2)[C@@H](O)[C@@]1(C)O. The monoisotopic (exact) mass is 710 g/mol. The van der Waals surface area contributed by atoms with Gasteiger partial charge in [-0.1, -0.05) is 62.4 Å². The lowest BCUT2D eigenvalue weighted by molar-refractivity contribution is -0.148. The molecule has 0 amide bonds. The molecule has 0 saturated carbocycles. The van der Waals surface area contributed by atoms with Crippen molar-refractivity contribution in [2.24, 2.45) is 5.41 Å². The van der Waals surface area contributed by atoms with E-state index in [0.29, 0.717) is 30.4 Å². The highest BCUT2D eigenvalue weighted by molar-refractivity contribution is 7.52. The molecular formula is C34H43N6O9P. The number of benzene rings is 2. The number of cyclic esters (lactones) is 1. The number of nitrogens with one attached hydrogen (secondary N) is 2. The van der Waals surface area contributed by atoms with Crippen LogP contribution in [-0.2, 0) is 23.4 Å². The van der Waals surface area contributed by atoms with E-state index in [0.717, 1.165) is 5.39 Å². The van der Waals surface area contributed by atoms with Crippen LogP contribution in [0, 0.1) is 5.41 Å². The van der Waals surface area contributed by atoms with E-state index < -0.39 is 55.8 Å². The van der Waals surface area contributed by atoms with Gasteiger partial charge in [-0.15, -0.1) is 0 Å². The number of aromatic nitrogens is 4. The molecule has 268 valence electrons. The van der Waals surface area contributed by atoms with Gasteiger partial charge in [0.15, 0.2) is 17.4 Å². The van der Waals surface area contributed by atoms with E-state index in [9.17, 15) is 19.6 Å². The predicted molar refractivity (Wildman–Crippen MR) is 185 cm³/mol. The number of nitrogens with zero attached hydrogens (tertiary/aromatic N) is 4. The molecule has 0 aliphatic carbocycles. The van der Waals surface area contributed by atoms with Crippen molar-refractivity contribution in [3.8, 4) is 11.6 Å². The van der Waals surface area contributed by atoms with E-state index in [4.69, 9.17) is 23.3 Å². The molecule has 0 spiro atoms. The van der Waals surface area contributed by atoms with Gasteiger partial charge >= 0.3 is 13.7 Å². The Kier molecular flexibility index (Phi) is 10.2. The number of ether oxygens (including phenoxy) is 3. The molecule has 2 aliphatic heterocycles. The largest absolute Gasteiger partial charge is 0.476 e. The van der Waals surface area contributed by atoms with Gasteiger partial charge in [0, 0.05) is 17.8 Å². The first-order valence-corrected chi connectivity index (χ1v) is 18.0. The lowest BCUT2D eigenvalue weighted by atomic mass is 9.90. The topological polar surface area (TPSA) is 188 Å². The van der Waals surface area contributed by atoms with Gasteiger partial charge in [-0.2, -0.15) is 15.1 Å². The number of fused-ring (bicyclic) bond motifs is 4. The summed E-state index contributed by atoms with van der Waals surface area (Å²) in [5.41, 5.74) is -1.67. The summed E-state index contributed by atoms with van der Waals surface area (Å²) in [6, 6.07) is 11.5. The zero-order chi connectivity index (χ0) is 35.7. The van der Waals surface area contributed by atoms with Crippen LogP contribution in [0.1, 0.15) is 46.8 Å². The second kappa shape index (κ2) is 14.3. The van der Waals surface area contributed by atoms with Crippen molar-refractivity contribution < 1.29 is 42.8 Å². The molecule has 0 radical (unpaired) electrons. The molecule has 6 atom stereocenters. The van der Waals surface area contributed by atoms with Crippen LogP contribution in [0.15, 0.2) is 60.9 Å². The van der Waals surface area contributed by atoms with Gasteiger partial charge in [0.2, 0.25) is 11.8 Å². The summed E-state index contributed by atoms with van der Waals surface area (Å²) >= 11 is 0. The first-order chi connectivity index (χ1) is 23.8. The number of esters is 1. The number of anilines is 1. The summed E-state index contributed by atoms with van der Waals surface area (Å²) < 4.78 is 45.8. The first kappa shape index (κ1) is 35.7. The standard InChI is InChI=1S/C34H43N6O9P/c1-21-30(42)46-19-33(2,3)16-9-6-10-17-45-29-26-28(37-32(35-5)38-29)40(20-36-26)31-34(4,43)27(41)25(48-31)18-47-50(44,39-21)49-24-15-11-13-22-12-7-8-14-23(22)24/h6-9,11-15,20-21,25,27,31,41,43H,10,16-19H2,1-5H3,(H,39,44)(H,35,37,38)/t21-,25?,27+,31?,34+,50?/m0/s1. The second-order valence-electron chi connectivity index (χ2n) is 13.4. The minimum atomic E-state index is -4.39. The van der Waals surface area contributed by atoms with Crippen LogP contribution in [0.5, 0.6) is 11.6 Å². The molecule has 16 heteroatoms. The van der Waals surface area contributed by atoms with Crippen molar-refractivity contribution >= 4 is 41.6 Å². The third-order valence-corrected chi connectivity index (χ3v) is 10.3. The van der Waals surface area contributed by atoms with Crippen LogP contribution in [0.25, 0.3) is 21.9 Å². The number of aliphatic hydroxyl groups excluding tert-OH is 1. The maximum absolute atomic E-state index is 14.5. The molecular weight excluding hydrogens is 667 g/mol. The summed E-state index contributed by atoms with van der Waals surface area (Å²) in [5.74, 6) is 0.0647. The van der Waals surface area contributed by atoms with Crippen LogP contribution in [0.2, 0.25) is 0 Å². The zero-order valence-corrected chi connectivity index (χ0v) is 29.5.